The zero-order valence-electron chi connectivity index (χ0n) is 13.9. The number of nitrogens with zero attached hydrogens (tertiary/aromatic N) is 2. The van der Waals surface area contributed by atoms with Gasteiger partial charge in [-0.05, 0) is 31.9 Å². The molecule has 122 valence electrons. The lowest BCUT2D eigenvalue weighted by Gasteiger charge is -2.24. The van der Waals surface area contributed by atoms with Crippen molar-refractivity contribution in [1.82, 2.24) is 14.2 Å². The molecule has 0 aliphatic carbocycles. The average molecular weight is 315 g/mol. The van der Waals surface area contributed by atoms with Crippen LogP contribution >= 0.6 is 0 Å². The zero-order valence-corrected chi connectivity index (χ0v) is 14.7. The van der Waals surface area contributed by atoms with E-state index >= 15 is 0 Å². The first kappa shape index (κ1) is 18.2. The van der Waals surface area contributed by atoms with Crippen molar-refractivity contribution in [3.05, 3.63) is 18.0 Å². The molecule has 0 aliphatic rings. The molecule has 0 unspecified atom stereocenters. The third kappa shape index (κ3) is 4.31. The minimum Gasteiger partial charge on any atom is -0.352 e. The van der Waals surface area contributed by atoms with Gasteiger partial charge in [-0.25, -0.2) is 8.42 Å². The van der Waals surface area contributed by atoms with Gasteiger partial charge in [0.05, 0.1) is 0 Å². The number of rotatable bonds is 9. The van der Waals surface area contributed by atoms with E-state index in [-0.39, 0.29) is 6.04 Å². The molecule has 0 aliphatic heterocycles. The molecular formula is C15H29N3O2S. The molecule has 0 radical (unpaired) electrons. The Hall–Kier alpha value is -0.850. The minimum atomic E-state index is -3.41. The van der Waals surface area contributed by atoms with E-state index in [0.29, 0.717) is 11.4 Å². The fourth-order valence-corrected chi connectivity index (χ4v) is 4.05. The molecule has 6 heteroatoms. The Labute approximate surface area is 129 Å². The molecule has 0 aromatic carbocycles. The Morgan fingerprint density at radius 3 is 2.43 bits per heavy atom. The van der Waals surface area contributed by atoms with Crippen LogP contribution in [0.1, 0.15) is 45.7 Å². The van der Waals surface area contributed by atoms with E-state index in [2.05, 4.69) is 12.2 Å². The van der Waals surface area contributed by atoms with E-state index < -0.39 is 10.0 Å². The largest absolute Gasteiger partial charge is 0.352 e. The van der Waals surface area contributed by atoms with Crippen LogP contribution in [0.4, 0.5) is 0 Å². The number of aryl methyl sites for hydroxylation is 1. The van der Waals surface area contributed by atoms with E-state index in [1.165, 1.54) is 4.31 Å². The summed E-state index contributed by atoms with van der Waals surface area (Å²) in [5.74, 6) is 0. The molecule has 0 atom stereocenters. The maximum atomic E-state index is 12.7. The summed E-state index contributed by atoms with van der Waals surface area (Å²) in [7, 11) is 0.154. The zero-order chi connectivity index (χ0) is 16.0. The summed E-state index contributed by atoms with van der Waals surface area (Å²) in [5.41, 5.74) is 0.986. The number of hydrogen-bond donors (Lipinski definition) is 1. The molecule has 0 spiro atoms. The van der Waals surface area contributed by atoms with E-state index in [1.54, 1.807) is 19.3 Å². The van der Waals surface area contributed by atoms with Crippen LogP contribution in [0.25, 0.3) is 0 Å². The van der Waals surface area contributed by atoms with Crippen LogP contribution in [-0.2, 0) is 23.6 Å². The first-order valence-corrected chi connectivity index (χ1v) is 9.16. The fourth-order valence-electron chi connectivity index (χ4n) is 2.45. The summed E-state index contributed by atoms with van der Waals surface area (Å²) in [6.07, 6.45) is 4.41. The Balaban J connectivity index is 2.96. The first-order valence-electron chi connectivity index (χ1n) is 7.72. The van der Waals surface area contributed by atoms with Crippen LogP contribution in [0.2, 0.25) is 0 Å². The van der Waals surface area contributed by atoms with Crippen molar-refractivity contribution in [2.45, 2.75) is 57.5 Å². The predicted molar refractivity (Wildman–Crippen MR) is 86.7 cm³/mol. The lowest BCUT2D eigenvalue weighted by Crippen LogP contribution is -2.36. The van der Waals surface area contributed by atoms with Gasteiger partial charge in [-0.15, -0.1) is 0 Å². The van der Waals surface area contributed by atoms with Gasteiger partial charge in [0.15, 0.2) is 0 Å². The maximum Gasteiger partial charge on any atom is 0.244 e. The van der Waals surface area contributed by atoms with Crippen molar-refractivity contribution in [3.8, 4) is 0 Å². The fraction of sp³-hybridized carbons (Fsp3) is 0.733. The standard InChI is InChI=1S/C15H29N3O2S/c1-6-9-16-11-14-10-15(12-17(14)4)21(19,20)18(5)13(7-2)8-3/h10,12-13,16H,6-9,11H2,1-5H3. The highest BCUT2D eigenvalue weighted by Crippen LogP contribution is 2.21. The average Bonchev–Trinajstić information content (AvgIpc) is 2.82. The highest BCUT2D eigenvalue weighted by Gasteiger charge is 2.27. The third-order valence-corrected chi connectivity index (χ3v) is 5.82. The molecule has 0 fully saturated rings. The van der Waals surface area contributed by atoms with Crippen molar-refractivity contribution in [2.75, 3.05) is 13.6 Å². The SMILES string of the molecule is CCCNCc1cc(S(=O)(=O)N(C)C(CC)CC)cn1C. The van der Waals surface area contributed by atoms with Gasteiger partial charge < -0.3 is 9.88 Å². The van der Waals surface area contributed by atoms with E-state index in [9.17, 15) is 8.42 Å². The van der Waals surface area contributed by atoms with Crippen molar-refractivity contribution < 1.29 is 8.42 Å². The monoisotopic (exact) mass is 315 g/mol. The van der Waals surface area contributed by atoms with Crippen LogP contribution in [-0.4, -0.2) is 36.9 Å². The topological polar surface area (TPSA) is 54.3 Å². The van der Waals surface area contributed by atoms with E-state index in [0.717, 1.165) is 31.5 Å². The molecule has 1 heterocycles. The molecule has 1 N–H and O–H groups in total. The minimum absolute atomic E-state index is 0.0527. The molecule has 1 aromatic heterocycles. The van der Waals surface area contributed by atoms with Crippen molar-refractivity contribution in [2.24, 2.45) is 7.05 Å². The number of hydrogen-bond acceptors (Lipinski definition) is 3. The summed E-state index contributed by atoms with van der Waals surface area (Å²) < 4.78 is 28.7. The highest BCUT2D eigenvalue weighted by atomic mass is 32.2. The second-order valence-electron chi connectivity index (χ2n) is 5.45. The predicted octanol–water partition coefficient (Wildman–Crippen LogP) is 2.33. The molecular weight excluding hydrogens is 286 g/mol. The van der Waals surface area contributed by atoms with Crippen LogP contribution in [0.5, 0.6) is 0 Å². The normalized spacial score (nSPS) is 12.5. The molecule has 5 nitrogen and oxygen atoms in total. The lowest BCUT2D eigenvalue weighted by atomic mass is 10.2. The van der Waals surface area contributed by atoms with Gasteiger partial charge in [0.25, 0.3) is 0 Å². The molecule has 1 aromatic rings. The van der Waals surface area contributed by atoms with Gasteiger partial charge in [0.2, 0.25) is 10.0 Å². The number of aromatic nitrogens is 1. The second-order valence-corrected chi connectivity index (χ2v) is 7.44. The third-order valence-electron chi connectivity index (χ3n) is 3.95. The molecule has 21 heavy (non-hydrogen) atoms. The molecule has 1 rings (SSSR count). The smallest absolute Gasteiger partial charge is 0.244 e. The van der Waals surface area contributed by atoms with Gasteiger partial charge in [0.1, 0.15) is 4.90 Å². The summed E-state index contributed by atoms with van der Waals surface area (Å²) in [6, 6.07) is 1.83. The highest BCUT2D eigenvalue weighted by molar-refractivity contribution is 7.89. The van der Waals surface area contributed by atoms with Gasteiger partial charge >= 0.3 is 0 Å². The van der Waals surface area contributed by atoms with Crippen molar-refractivity contribution >= 4 is 10.0 Å². The Bertz CT molecular complexity index is 533. The van der Waals surface area contributed by atoms with Gasteiger partial charge in [-0.3, -0.25) is 0 Å². The molecule has 0 bridgehead atoms. The Morgan fingerprint density at radius 1 is 1.29 bits per heavy atom. The van der Waals surface area contributed by atoms with Gasteiger partial charge in [0, 0.05) is 38.6 Å². The van der Waals surface area contributed by atoms with Crippen LogP contribution in [0, 0.1) is 0 Å². The first-order chi connectivity index (χ1) is 9.88. The lowest BCUT2D eigenvalue weighted by molar-refractivity contribution is 0.349. The van der Waals surface area contributed by atoms with Gasteiger partial charge in [-0.2, -0.15) is 4.31 Å². The van der Waals surface area contributed by atoms with Crippen LogP contribution < -0.4 is 5.32 Å². The Morgan fingerprint density at radius 2 is 1.90 bits per heavy atom. The van der Waals surface area contributed by atoms with Gasteiger partial charge in [-0.1, -0.05) is 20.8 Å². The molecule has 0 saturated heterocycles. The maximum absolute atomic E-state index is 12.7. The summed E-state index contributed by atoms with van der Waals surface area (Å²) >= 11 is 0. The van der Waals surface area contributed by atoms with E-state index in [4.69, 9.17) is 0 Å². The summed E-state index contributed by atoms with van der Waals surface area (Å²) in [6.45, 7) is 7.77. The molecule has 0 saturated carbocycles. The van der Waals surface area contributed by atoms with Crippen LogP contribution in [0.3, 0.4) is 0 Å². The van der Waals surface area contributed by atoms with E-state index in [1.807, 2.05) is 25.5 Å². The quantitative estimate of drug-likeness (QED) is 0.712. The van der Waals surface area contributed by atoms with Crippen molar-refractivity contribution in [3.63, 3.8) is 0 Å². The second kappa shape index (κ2) is 7.96. The molecule has 0 amide bonds. The van der Waals surface area contributed by atoms with Crippen molar-refractivity contribution in [1.29, 1.82) is 0 Å². The summed E-state index contributed by atoms with van der Waals surface area (Å²) in [4.78, 5) is 0.382. The summed E-state index contributed by atoms with van der Waals surface area (Å²) in [5, 5.41) is 3.30. The Kier molecular flexibility index (Phi) is 6.90. The number of sulfonamides is 1. The van der Waals surface area contributed by atoms with Crippen LogP contribution in [0.15, 0.2) is 17.2 Å². The number of nitrogens with one attached hydrogen (secondary N) is 1.